The summed E-state index contributed by atoms with van der Waals surface area (Å²) in [5, 5.41) is 11.6. The van der Waals surface area contributed by atoms with Crippen LogP contribution in [0.4, 0.5) is 5.69 Å². The molecule has 0 bridgehead atoms. The number of rotatable bonds is 7. The van der Waals surface area contributed by atoms with Crippen molar-refractivity contribution in [3.63, 3.8) is 0 Å². The Morgan fingerprint density at radius 1 is 1.19 bits per heavy atom. The smallest absolute Gasteiger partial charge is 0.331 e. The average Bonchev–Trinajstić information content (AvgIpc) is 2.71. The minimum atomic E-state index is -0.607. The summed E-state index contributed by atoms with van der Waals surface area (Å²) in [5.74, 6) is -0.671. The molecule has 5 nitrogen and oxygen atoms in total. The normalized spacial score (nSPS) is 11.6. The number of para-hydroxylation sites is 1. The number of nitrogens with zero attached hydrogens (tertiary/aromatic N) is 1. The van der Waals surface area contributed by atoms with Crippen molar-refractivity contribution in [3.05, 3.63) is 71.3 Å². The second kappa shape index (κ2) is 9.93. The maximum atomic E-state index is 12.1. The Balaban J connectivity index is 1.87. The highest BCUT2D eigenvalue weighted by Crippen LogP contribution is 2.26. The van der Waals surface area contributed by atoms with Crippen LogP contribution in [0.1, 0.15) is 42.9 Å². The summed E-state index contributed by atoms with van der Waals surface area (Å²) in [4.78, 5) is 23.9. The van der Waals surface area contributed by atoms with E-state index in [0.717, 1.165) is 23.2 Å². The Morgan fingerprint density at radius 3 is 2.56 bits per heavy atom. The van der Waals surface area contributed by atoms with Gasteiger partial charge in [0.2, 0.25) is 0 Å². The fraction of sp³-hybridized carbons (Fsp3) is 0.227. The molecule has 2 aromatic carbocycles. The first-order valence-corrected chi connectivity index (χ1v) is 8.77. The van der Waals surface area contributed by atoms with Crippen molar-refractivity contribution in [2.75, 3.05) is 11.9 Å². The fourth-order valence-corrected chi connectivity index (χ4v) is 2.46. The largest absolute Gasteiger partial charge is 0.452 e. The molecule has 0 aliphatic carbocycles. The lowest BCUT2D eigenvalue weighted by atomic mass is 9.97. The van der Waals surface area contributed by atoms with Gasteiger partial charge in [-0.05, 0) is 47.7 Å². The second-order valence-corrected chi connectivity index (χ2v) is 6.12. The number of carbonyl (C=O) groups excluding carboxylic acids is 2. The first-order chi connectivity index (χ1) is 13.0. The molecule has 0 fully saturated rings. The molecular weight excluding hydrogens is 340 g/mol. The second-order valence-electron chi connectivity index (χ2n) is 6.12. The molecule has 138 valence electrons. The van der Waals surface area contributed by atoms with E-state index in [0.29, 0.717) is 11.5 Å². The molecule has 2 rings (SSSR count). The van der Waals surface area contributed by atoms with Crippen LogP contribution >= 0.6 is 0 Å². The van der Waals surface area contributed by atoms with Gasteiger partial charge in [0.1, 0.15) is 0 Å². The summed E-state index contributed by atoms with van der Waals surface area (Å²) >= 11 is 0. The van der Waals surface area contributed by atoms with Crippen LogP contribution in [0, 0.1) is 11.3 Å². The van der Waals surface area contributed by atoms with E-state index in [4.69, 9.17) is 10.00 Å². The first-order valence-electron chi connectivity index (χ1n) is 8.77. The highest BCUT2D eigenvalue weighted by atomic mass is 16.5. The van der Waals surface area contributed by atoms with Crippen LogP contribution in [0.2, 0.25) is 0 Å². The van der Waals surface area contributed by atoms with E-state index in [-0.39, 0.29) is 12.5 Å². The molecule has 1 N–H and O–H groups in total. The number of nitrogens with one attached hydrogen (secondary N) is 1. The highest BCUT2D eigenvalue weighted by Gasteiger charge is 2.12. The Bertz CT molecular complexity index is 864. The third kappa shape index (κ3) is 6.12. The van der Waals surface area contributed by atoms with E-state index in [2.05, 4.69) is 19.2 Å². The lowest BCUT2D eigenvalue weighted by Crippen LogP contribution is -2.21. The minimum Gasteiger partial charge on any atom is -0.452 e. The summed E-state index contributed by atoms with van der Waals surface area (Å²) in [7, 11) is 0. The van der Waals surface area contributed by atoms with Crippen LogP contribution < -0.4 is 5.32 Å². The number of nitriles is 1. The summed E-state index contributed by atoms with van der Waals surface area (Å²) in [6.45, 7) is 3.83. The molecular formula is C22H22N2O3. The molecule has 0 aliphatic heterocycles. The van der Waals surface area contributed by atoms with E-state index >= 15 is 0 Å². The van der Waals surface area contributed by atoms with Gasteiger partial charge in [0.05, 0.1) is 11.6 Å². The van der Waals surface area contributed by atoms with Gasteiger partial charge in [0, 0.05) is 11.8 Å². The van der Waals surface area contributed by atoms with E-state index in [1.165, 1.54) is 6.08 Å². The van der Waals surface area contributed by atoms with Crippen LogP contribution in [0.5, 0.6) is 0 Å². The third-order valence-electron chi connectivity index (χ3n) is 4.18. The maximum absolute atomic E-state index is 12.1. The number of hydrogen-bond acceptors (Lipinski definition) is 4. The Hall–Kier alpha value is -3.39. The Labute approximate surface area is 159 Å². The molecule has 0 aromatic heterocycles. The van der Waals surface area contributed by atoms with Gasteiger partial charge in [-0.2, -0.15) is 5.26 Å². The molecule has 1 atom stereocenters. The van der Waals surface area contributed by atoms with Gasteiger partial charge in [0.15, 0.2) is 6.61 Å². The van der Waals surface area contributed by atoms with Crippen molar-refractivity contribution >= 4 is 23.6 Å². The van der Waals surface area contributed by atoms with Crippen LogP contribution in [-0.4, -0.2) is 18.5 Å². The van der Waals surface area contributed by atoms with Crippen molar-refractivity contribution in [1.29, 1.82) is 5.26 Å². The van der Waals surface area contributed by atoms with Gasteiger partial charge < -0.3 is 10.1 Å². The van der Waals surface area contributed by atoms with E-state index in [1.54, 1.807) is 30.3 Å². The van der Waals surface area contributed by atoms with Gasteiger partial charge in [-0.25, -0.2) is 4.79 Å². The van der Waals surface area contributed by atoms with Crippen molar-refractivity contribution in [2.45, 2.75) is 26.2 Å². The zero-order valence-corrected chi connectivity index (χ0v) is 15.4. The van der Waals surface area contributed by atoms with E-state index in [1.807, 2.05) is 30.3 Å². The first kappa shape index (κ1) is 19.9. The standard InChI is InChI=1S/C22H22N2O3/c1-3-16(2)19-6-4-5-7-20(19)24-21(25)15-27-22(26)13-12-17-8-10-18(14-23)11-9-17/h4-13,16H,3,15H2,1-2H3,(H,24,25)/b13-12+/t16-/m0/s1. The molecule has 5 heteroatoms. The van der Waals surface area contributed by atoms with Gasteiger partial charge in [-0.15, -0.1) is 0 Å². The molecule has 27 heavy (non-hydrogen) atoms. The highest BCUT2D eigenvalue weighted by molar-refractivity contribution is 5.95. The lowest BCUT2D eigenvalue weighted by Gasteiger charge is -2.15. The summed E-state index contributed by atoms with van der Waals surface area (Å²) < 4.78 is 4.98. The molecule has 2 aromatic rings. The Morgan fingerprint density at radius 2 is 1.89 bits per heavy atom. The summed E-state index contributed by atoms with van der Waals surface area (Å²) in [6.07, 6.45) is 3.78. The molecule has 0 unspecified atom stereocenters. The molecule has 0 aliphatic rings. The van der Waals surface area contributed by atoms with Crippen LogP contribution in [0.3, 0.4) is 0 Å². The SMILES string of the molecule is CC[C@H](C)c1ccccc1NC(=O)COC(=O)/C=C/c1ccc(C#N)cc1. The molecule has 0 heterocycles. The van der Waals surface area contributed by atoms with Crippen LogP contribution in [0.15, 0.2) is 54.6 Å². The fourth-order valence-electron chi connectivity index (χ4n) is 2.46. The minimum absolute atomic E-state index is 0.319. The number of anilines is 1. The molecule has 0 saturated carbocycles. The van der Waals surface area contributed by atoms with E-state index in [9.17, 15) is 9.59 Å². The van der Waals surface area contributed by atoms with Crippen molar-refractivity contribution < 1.29 is 14.3 Å². The lowest BCUT2D eigenvalue weighted by molar-refractivity contribution is -0.142. The summed E-state index contributed by atoms with van der Waals surface area (Å²) in [5.41, 5.74) is 3.10. The zero-order valence-electron chi connectivity index (χ0n) is 15.4. The van der Waals surface area contributed by atoms with Crippen LogP contribution in [-0.2, 0) is 14.3 Å². The monoisotopic (exact) mass is 362 g/mol. The number of carbonyl (C=O) groups is 2. The molecule has 0 radical (unpaired) electrons. The molecule has 0 spiro atoms. The van der Waals surface area contributed by atoms with Crippen molar-refractivity contribution in [3.8, 4) is 6.07 Å². The maximum Gasteiger partial charge on any atom is 0.331 e. The van der Waals surface area contributed by atoms with Crippen molar-refractivity contribution in [1.82, 2.24) is 0 Å². The zero-order chi connectivity index (χ0) is 19.6. The number of esters is 1. The predicted octanol–water partition coefficient (Wildman–Crippen LogP) is 4.27. The van der Waals surface area contributed by atoms with Gasteiger partial charge in [-0.1, -0.05) is 44.2 Å². The molecule has 1 amide bonds. The quantitative estimate of drug-likeness (QED) is 0.589. The molecule has 0 saturated heterocycles. The number of benzene rings is 2. The van der Waals surface area contributed by atoms with Crippen molar-refractivity contribution in [2.24, 2.45) is 0 Å². The predicted molar refractivity (Wildman–Crippen MR) is 105 cm³/mol. The number of hydrogen-bond donors (Lipinski definition) is 1. The summed E-state index contributed by atoms with van der Waals surface area (Å²) in [6, 6.07) is 16.4. The van der Waals surface area contributed by atoms with Gasteiger partial charge in [0.25, 0.3) is 5.91 Å². The topological polar surface area (TPSA) is 79.2 Å². The number of amides is 1. The van der Waals surface area contributed by atoms with E-state index < -0.39 is 5.97 Å². The van der Waals surface area contributed by atoms with Crippen LogP contribution in [0.25, 0.3) is 6.08 Å². The van der Waals surface area contributed by atoms with Gasteiger partial charge >= 0.3 is 5.97 Å². The third-order valence-corrected chi connectivity index (χ3v) is 4.18. The number of ether oxygens (including phenoxy) is 1. The average molecular weight is 362 g/mol. The van der Waals surface area contributed by atoms with Gasteiger partial charge in [-0.3, -0.25) is 4.79 Å². The Kier molecular flexibility index (Phi) is 7.33.